The van der Waals surface area contributed by atoms with Crippen LogP contribution in [0.4, 0.5) is 5.13 Å². The number of nitrogens with zero attached hydrogens (tertiary/aromatic N) is 3. The predicted molar refractivity (Wildman–Crippen MR) is 95.7 cm³/mol. The van der Waals surface area contributed by atoms with Crippen molar-refractivity contribution in [2.24, 2.45) is 5.16 Å². The fourth-order valence-corrected chi connectivity index (χ4v) is 3.54. The first-order valence-corrected chi connectivity index (χ1v) is 9.86. The molecule has 0 spiro atoms. The highest BCUT2D eigenvalue weighted by Gasteiger charge is 2.51. The second-order valence-corrected chi connectivity index (χ2v) is 8.40. The summed E-state index contributed by atoms with van der Waals surface area (Å²) in [7, 11) is -4.76. The van der Waals surface area contributed by atoms with Crippen LogP contribution in [0.5, 0.6) is 0 Å². The molecule has 1 unspecified atom stereocenters. The predicted octanol–water partition coefficient (Wildman–Crippen LogP) is -1.17. The molecule has 154 valence electrons. The summed E-state index contributed by atoms with van der Waals surface area (Å²) in [5, 5.41) is 16.3. The van der Waals surface area contributed by atoms with Crippen LogP contribution < -0.4 is 11.1 Å². The van der Waals surface area contributed by atoms with E-state index in [1.165, 1.54) is 26.2 Å². The molecule has 2 atom stereocenters. The van der Waals surface area contributed by atoms with Crippen molar-refractivity contribution in [2.45, 2.75) is 38.5 Å². The van der Waals surface area contributed by atoms with Crippen molar-refractivity contribution < 1.29 is 37.3 Å². The molecule has 13 nitrogen and oxygen atoms in total. The zero-order valence-electron chi connectivity index (χ0n) is 14.8. The quantitative estimate of drug-likeness (QED) is 0.175. The first-order chi connectivity index (χ1) is 12.8. The fourth-order valence-electron chi connectivity index (χ4n) is 2.11. The van der Waals surface area contributed by atoms with E-state index in [2.05, 4.69) is 15.5 Å². The summed E-state index contributed by atoms with van der Waals surface area (Å²) in [6, 6.07) is -2.31. The van der Waals surface area contributed by atoms with E-state index in [-0.39, 0.29) is 15.1 Å². The first kappa shape index (κ1) is 21.5. The summed E-state index contributed by atoms with van der Waals surface area (Å²) in [6.45, 7) is 3.69. The van der Waals surface area contributed by atoms with E-state index in [9.17, 15) is 22.8 Å². The molecule has 0 saturated carbocycles. The molecule has 0 aliphatic carbocycles. The van der Waals surface area contributed by atoms with Crippen LogP contribution in [0.25, 0.3) is 0 Å². The normalized spacial score (nSPS) is 20.5. The van der Waals surface area contributed by atoms with Gasteiger partial charge in [0.25, 0.3) is 11.8 Å². The third-order valence-electron chi connectivity index (χ3n) is 3.73. The molecule has 1 aliphatic heterocycles. The zero-order valence-corrected chi connectivity index (χ0v) is 16.4. The molecule has 2 amide bonds. The zero-order chi connectivity index (χ0) is 21.4. The second-order valence-electron chi connectivity index (χ2n) is 6.22. The number of amides is 2. The number of rotatable bonds is 7. The Hall–Kier alpha value is -2.78. The molecule has 2 rings (SSSR count). The third kappa shape index (κ3) is 4.20. The minimum Gasteiger partial charge on any atom is -0.478 e. The van der Waals surface area contributed by atoms with E-state index in [0.717, 1.165) is 11.3 Å². The lowest BCUT2D eigenvalue weighted by Crippen LogP contribution is -2.71. The van der Waals surface area contributed by atoms with Crippen molar-refractivity contribution in [1.82, 2.24) is 14.6 Å². The SMILES string of the molecule is CC1[C@H](NC(=O)/C(=N\OC(C)(C)C(=O)O)c2csc(N)n2)C(=O)N1S(=O)(=O)O. The lowest BCUT2D eigenvalue weighted by molar-refractivity contribution is -0.161. The van der Waals surface area contributed by atoms with E-state index >= 15 is 0 Å². The molecule has 1 fully saturated rings. The average Bonchev–Trinajstić information content (AvgIpc) is 2.97. The van der Waals surface area contributed by atoms with Gasteiger partial charge < -0.3 is 21.0 Å². The summed E-state index contributed by atoms with van der Waals surface area (Å²) >= 11 is 0.980. The number of oxime groups is 1. The van der Waals surface area contributed by atoms with Gasteiger partial charge in [0.05, 0.1) is 6.04 Å². The van der Waals surface area contributed by atoms with Gasteiger partial charge >= 0.3 is 16.3 Å². The summed E-state index contributed by atoms with van der Waals surface area (Å²) in [6.07, 6.45) is 0. The molecule has 1 aromatic heterocycles. The Morgan fingerprint density at radius 2 is 2.07 bits per heavy atom. The maximum Gasteiger partial charge on any atom is 0.362 e. The molecule has 0 bridgehead atoms. The number of nitrogens with one attached hydrogen (secondary N) is 1. The van der Waals surface area contributed by atoms with Crippen molar-refractivity contribution in [3.05, 3.63) is 11.1 Å². The number of hydrogen-bond donors (Lipinski definition) is 4. The Balaban J connectivity index is 2.26. The van der Waals surface area contributed by atoms with Gasteiger partial charge in [-0.25, -0.2) is 14.1 Å². The largest absolute Gasteiger partial charge is 0.478 e. The van der Waals surface area contributed by atoms with Gasteiger partial charge in [0.15, 0.2) is 10.8 Å². The highest BCUT2D eigenvalue weighted by atomic mass is 32.2. The van der Waals surface area contributed by atoms with Gasteiger partial charge in [-0.2, -0.15) is 8.42 Å². The van der Waals surface area contributed by atoms with E-state index in [1.807, 2.05) is 0 Å². The number of thiazole rings is 1. The van der Waals surface area contributed by atoms with Crippen molar-refractivity contribution in [3.63, 3.8) is 0 Å². The van der Waals surface area contributed by atoms with E-state index in [0.29, 0.717) is 0 Å². The number of carboxylic acid groups (broad SMARTS) is 1. The van der Waals surface area contributed by atoms with Gasteiger partial charge in [-0.05, 0) is 20.8 Å². The Morgan fingerprint density at radius 3 is 2.50 bits per heavy atom. The Morgan fingerprint density at radius 1 is 1.46 bits per heavy atom. The lowest BCUT2D eigenvalue weighted by atomic mass is 10.0. The van der Waals surface area contributed by atoms with Crippen molar-refractivity contribution >= 4 is 50.3 Å². The molecule has 15 heteroatoms. The number of hydrogen-bond acceptors (Lipinski definition) is 10. The number of aliphatic carboxylic acids is 1. The van der Waals surface area contributed by atoms with Crippen molar-refractivity contribution in [3.8, 4) is 0 Å². The molecular formula is C13H17N5O8S2. The molecule has 2 heterocycles. The summed E-state index contributed by atoms with van der Waals surface area (Å²) in [4.78, 5) is 44.4. The number of β-lactam (4-membered cyclic amide) rings is 1. The van der Waals surface area contributed by atoms with E-state index < -0.39 is 51.5 Å². The number of anilines is 1. The second kappa shape index (κ2) is 7.33. The molecule has 1 saturated heterocycles. The van der Waals surface area contributed by atoms with Crippen LogP contribution >= 0.6 is 11.3 Å². The third-order valence-corrected chi connectivity index (χ3v) is 5.41. The van der Waals surface area contributed by atoms with Gasteiger partial charge in [-0.1, -0.05) is 5.16 Å². The first-order valence-electron chi connectivity index (χ1n) is 7.58. The number of carbonyl (C=O) groups excluding carboxylic acids is 2. The summed E-state index contributed by atoms with van der Waals surface area (Å²) in [5.74, 6) is -3.38. The smallest absolute Gasteiger partial charge is 0.362 e. The minimum atomic E-state index is -4.76. The van der Waals surface area contributed by atoms with Crippen LogP contribution in [0.15, 0.2) is 10.5 Å². The highest BCUT2D eigenvalue weighted by Crippen LogP contribution is 2.23. The molecule has 28 heavy (non-hydrogen) atoms. The van der Waals surface area contributed by atoms with E-state index in [4.69, 9.17) is 20.2 Å². The van der Waals surface area contributed by atoms with Gasteiger partial charge in [0.2, 0.25) is 5.60 Å². The topological polar surface area (TPSA) is 202 Å². The van der Waals surface area contributed by atoms with Crippen LogP contribution in [0.2, 0.25) is 0 Å². The van der Waals surface area contributed by atoms with Crippen molar-refractivity contribution in [1.29, 1.82) is 0 Å². The highest BCUT2D eigenvalue weighted by molar-refractivity contribution is 7.84. The number of carbonyl (C=O) groups is 3. The summed E-state index contributed by atoms with van der Waals surface area (Å²) < 4.78 is 31.4. The molecule has 0 radical (unpaired) electrons. The fraction of sp³-hybridized carbons (Fsp3) is 0.462. The van der Waals surface area contributed by atoms with Crippen LogP contribution in [0.1, 0.15) is 26.5 Å². The standard InChI is InChI=1S/C13H17N5O8S2/c1-5-7(10(20)18(5)28(23,24)25)16-9(19)8(6-4-27-12(14)15-6)17-26-13(2,3)11(21)22/h4-5,7H,1-3H3,(H2,14,15)(H,16,19)(H,21,22)(H,23,24,25)/b17-8-/t5?,7-/m0/s1. The molecule has 0 aromatic carbocycles. The Labute approximate surface area is 163 Å². The lowest BCUT2D eigenvalue weighted by Gasteiger charge is -2.42. The van der Waals surface area contributed by atoms with Crippen molar-refractivity contribution in [2.75, 3.05) is 5.73 Å². The van der Waals surface area contributed by atoms with Crippen LogP contribution in [0.3, 0.4) is 0 Å². The van der Waals surface area contributed by atoms with Gasteiger partial charge in [0.1, 0.15) is 11.7 Å². The van der Waals surface area contributed by atoms with Gasteiger partial charge in [0, 0.05) is 5.38 Å². The van der Waals surface area contributed by atoms with Crippen LogP contribution in [0, 0.1) is 0 Å². The van der Waals surface area contributed by atoms with E-state index in [1.54, 1.807) is 0 Å². The molecular weight excluding hydrogens is 418 g/mol. The van der Waals surface area contributed by atoms with Crippen LogP contribution in [-0.4, -0.2) is 68.5 Å². The Kier molecular flexibility index (Phi) is 5.63. The molecule has 5 N–H and O–H groups in total. The number of nitrogens with two attached hydrogens (primary N) is 1. The number of carboxylic acids is 1. The monoisotopic (exact) mass is 435 g/mol. The average molecular weight is 435 g/mol. The number of nitrogen functional groups attached to an aromatic ring is 1. The maximum absolute atomic E-state index is 12.6. The maximum atomic E-state index is 12.6. The molecule has 1 aliphatic rings. The van der Waals surface area contributed by atoms with Crippen LogP contribution in [-0.2, 0) is 29.5 Å². The van der Waals surface area contributed by atoms with Gasteiger partial charge in [-0.15, -0.1) is 11.3 Å². The van der Waals surface area contributed by atoms with Gasteiger partial charge in [-0.3, -0.25) is 14.1 Å². The minimum absolute atomic E-state index is 0.0350. The Bertz CT molecular complexity index is 954. The summed E-state index contributed by atoms with van der Waals surface area (Å²) in [5.41, 5.74) is 3.26. The number of aromatic nitrogens is 1. The molecule has 1 aromatic rings.